The molecule has 0 bridgehead atoms. The standard InChI is InChI=1S/C16H19NO4/c1-19-10-15(16(18)20-2)13-6-4-5-11-7-8-12(17-21-3)9-14(11)13/h4-6,10H,7-9H2,1-3H3/b15-10+,17-12+. The van der Waals surface area contributed by atoms with Crippen molar-refractivity contribution in [1.29, 1.82) is 0 Å². The lowest BCUT2D eigenvalue weighted by Gasteiger charge is -2.21. The fourth-order valence-corrected chi connectivity index (χ4v) is 2.56. The number of carbonyl (C=O) groups is 1. The molecule has 1 aromatic carbocycles. The van der Waals surface area contributed by atoms with Crippen LogP contribution < -0.4 is 0 Å². The van der Waals surface area contributed by atoms with Crippen LogP contribution in [0.1, 0.15) is 23.1 Å². The van der Waals surface area contributed by atoms with Gasteiger partial charge in [-0.1, -0.05) is 23.4 Å². The molecular formula is C16H19NO4. The molecule has 0 saturated carbocycles. The zero-order valence-electron chi connectivity index (χ0n) is 12.5. The van der Waals surface area contributed by atoms with Gasteiger partial charge in [-0.3, -0.25) is 0 Å². The van der Waals surface area contributed by atoms with E-state index in [-0.39, 0.29) is 0 Å². The van der Waals surface area contributed by atoms with Crippen LogP contribution in [0.3, 0.4) is 0 Å². The van der Waals surface area contributed by atoms with Gasteiger partial charge in [-0.2, -0.15) is 0 Å². The van der Waals surface area contributed by atoms with E-state index in [0.717, 1.165) is 29.7 Å². The summed E-state index contributed by atoms with van der Waals surface area (Å²) >= 11 is 0. The van der Waals surface area contributed by atoms with Crippen molar-refractivity contribution in [2.45, 2.75) is 19.3 Å². The average Bonchev–Trinajstić information content (AvgIpc) is 2.52. The summed E-state index contributed by atoms with van der Waals surface area (Å²) in [5, 5.41) is 4.04. The molecule has 1 aliphatic carbocycles. The second-order valence-electron chi connectivity index (χ2n) is 4.72. The van der Waals surface area contributed by atoms with Crippen LogP contribution >= 0.6 is 0 Å². The van der Waals surface area contributed by atoms with Crippen molar-refractivity contribution >= 4 is 17.3 Å². The fraction of sp³-hybridized carbons (Fsp3) is 0.375. The predicted octanol–water partition coefficient (Wildman–Crippen LogP) is 2.34. The number of methoxy groups -OCH3 is 2. The van der Waals surface area contributed by atoms with E-state index >= 15 is 0 Å². The van der Waals surface area contributed by atoms with E-state index in [1.54, 1.807) is 7.11 Å². The van der Waals surface area contributed by atoms with E-state index in [0.29, 0.717) is 12.0 Å². The number of aryl methyl sites for hydroxylation is 1. The predicted molar refractivity (Wildman–Crippen MR) is 79.9 cm³/mol. The summed E-state index contributed by atoms with van der Waals surface area (Å²) in [6.45, 7) is 0. The number of rotatable bonds is 4. The number of esters is 1. The SMILES string of the molecule is CO/C=C(/C(=O)OC)c1cccc2c1C/C(=N/OC)CC2. The third kappa shape index (κ3) is 3.24. The van der Waals surface area contributed by atoms with Gasteiger partial charge < -0.3 is 14.3 Å². The van der Waals surface area contributed by atoms with E-state index in [9.17, 15) is 4.79 Å². The topological polar surface area (TPSA) is 57.1 Å². The number of fused-ring (bicyclic) bond motifs is 1. The van der Waals surface area contributed by atoms with Gasteiger partial charge in [0.2, 0.25) is 0 Å². The first kappa shape index (κ1) is 15.1. The molecule has 0 fully saturated rings. The number of nitrogens with zero attached hydrogens (tertiary/aromatic N) is 1. The quantitative estimate of drug-likeness (QED) is 0.369. The Bertz CT molecular complexity index is 590. The molecule has 1 aliphatic rings. The van der Waals surface area contributed by atoms with Crippen molar-refractivity contribution in [3.05, 3.63) is 41.2 Å². The van der Waals surface area contributed by atoms with E-state index in [1.165, 1.54) is 26.0 Å². The molecule has 0 heterocycles. The van der Waals surface area contributed by atoms with Crippen LogP contribution in [0.5, 0.6) is 0 Å². The van der Waals surface area contributed by atoms with Crippen LogP contribution in [-0.4, -0.2) is 33.0 Å². The second kappa shape index (κ2) is 6.92. The lowest BCUT2D eigenvalue weighted by Crippen LogP contribution is -2.17. The lowest BCUT2D eigenvalue weighted by atomic mass is 9.85. The van der Waals surface area contributed by atoms with Crippen molar-refractivity contribution in [2.75, 3.05) is 21.3 Å². The van der Waals surface area contributed by atoms with Crippen LogP contribution in [0, 0.1) is 0 Å². The van der Waals surface area contributed by atoms with Crippen molar-refractivity contribution in [3.63, 3.8) is 0 Å². The zero-order chi connectivity index (χ0) is 15.2. The molecule has 1 aromatic rings. The smallest absolute Gasteiger partial charge is 0.341 e. The molecule has 0 radical (unpaired) electrons. The van der Waals surface area contributed by atoms with Gasteiger partial charge in [0.15, 0.2) is 0 Å². The van der Waals surface area contributed by atoms with E-state index in [1.807, 2.05) is 12.1 Å². The third-order valence-electron chi connectivity index (χ3n) is 3.49. The van der Waals surface area contributed by atoms with E-state index in [2.05, 4.69) is 11.2 Å². The molecule has 0 N–H and O–H groups in total. The number of benzene rings is 1. The van der Waals surface area contributed by atoms with Gasteiger partial charge in [-0.15, -0.1) is 0 Å². The number of hydrogen-bond acceptors (Lipinski definition) is 5. The van der Waals surface area contributed by atoms with Gasteiger partial charge in [-0.25, -0.2) is 4.79 Å². The van der Waals surface area contributed by atoms with Crippen LogP contribution in [0.25, 0.3) is 5.57 Å². The summed E-state index contributed by atoms with van der Waals surface area (Å²) in [5.74, 6) is -0.416. The van der Waals surface area contributed by atoms with Gasteiger partial charge >= 0.3 is 5.97 Å². The molecular weight excluding hydrogens is 270 g/mol. The Balaban J connectivity index is 2.48. The monoisotopic (exact) mass is 289 g/mol. The molecule has 5 heteroatoms. The fourth-order valence-electron chi connectivity index (χ4n) is 2.56. The second-order valence-corrected chi connectivity index (χ2v) is 4.72. The summed E-state index contributed by atoms with van der Waals surface area (Å²) in [6.07, 6.45) is 3.83. The number of ether oxygens (including phenoxy) is 2. The minimum Gasteiger partial charge on any atom is -0.503 e. The first-order valence-electron chi connectivity index (χ1n) is 6.72. The first-order valence-corrected chi connectivity index (χ1v) is 6.72. The summed E-state index contributed by atoms with van der Waals surface area (Å²) in [6, 6.07) is 5.92. The number of carbonyl (C=O) groups excluding carboxylic acids is 1. The molecule has 0 amide bonds. The highest BCUT2D eigenvalue weighted by atomic mass is 16.6. The van der Waals surface area contributed by atoms with Gasteiger partial charge in [-0.05, 0) is 29.5 Å². The summed E-state index contributed by atoms with van der Waals surface area (Å²) in [7, 11) is 4.41. The lowest BCUT2D eigenvalue weighted by molar-refractivity contribution is -0.133. The molecule has 21 heavy (non-hydrogen) atoms. The molecule has 0 saturated heterocycles. The highest BCUT2D eigenvalue weighted by molar-refractivity contribution is 6.17. The zero-order valence-corrected chi connectivity index (χ0v) is 12.5. The maximum absolute atomic E-state index is 12.0. The Hall–Kier alpha value is -2.30. The van der Waals surface area contributed by atoms with Crippen LogP contribution in [0.4, 0.5) is 0 Å². The van der Waals surface area contributed by atoms with Crippen LogP contribution in [-0.2, 0) is 31.9 Å². The molecule has 0 spiro atoms. The van der Waals surface area contributed by atoms with Crippen molar-refractivity contribution < 1.29 is 19.1 Å². The van der Waals surface area contributed by atoms with Gasteiger partial charge in [0.1, 0.15) is 12.7 Å². The molecule has 0 unspecified atom stereocenters. The normalized spacial score (nSPS) is 16.3. The van der Waals surface area contributed by atoms with Crippen LogP contribution in [0.2, 0.25) is 0 Å². The molecule has 2 rings (SSSR count). The molecule has 112 valence electrons. The third-order valence-corrected chi connectivity index (χ3v) is 3.49. The Kier molecular flexibility index (Phi) is 4.98. The maximum atomic E-state index is 12.0. The van der Waals surface area contributed by atoms with Crippen molar-refractivity contribution in [2.24, 2.45) is 5.16 Å². The summed E-state index contributed by atoms with van der Waals surface area (Å²) in [4.78, 5) is 16.8. The molecule has 0 aromatic heterocycles. The van der Waals surface area contributed by atoms with Crippen molar-refractivity contribution in [1.82, 2.24) is 0 Å². The minimum absolute atomic E-state index is 0.413. The van der Waals surface area contributed by atoms with Gasteiger partial charge in [0, 0.05) is 6.42 Å². The average molecular weight is 289 g/mol. The Labute approximate surface area is 124 Å². The Morgan fingerprint density at radius 1 is 1.24 bits per heavy atom. The Morgan fingerprint density at radius 3 is 2.71 bits per heavy atom. The molecule has 0 atom stereocenters. The summed E-state index contributed by atoms with van der Waals surface area (Å²) < 4.78 is 9.87. The largest absolute Gasteiger partial charge is 0.503 e. The minimum atomic E-state index is -0.416. The van der Waals surface area contributed by atoms with Gasteiger partial charge in [0.05, 0.1) is 26.2 Å². The van der Waals surface area contributed by atoms with Gasteiger partial charge in [0.25, 0.3) is 0 Å². The molecule has 0 aliphatic heterocycles. The highest BCUT2D eigenvalue weighted by Gasteiger charge is 2.23. The van der Waals surface area contributed by atoms with E-state index < -0.39 is 5.97 Å². The highest BCUT2D eigenvalue weighted by Crippen LogP contribution is 2.29. The number of oxime groups is 1. The van der Waals surface area contributed by atoms with Crippen LogP contribution in [0.15, 0.2) is 29.6 Å². The maximum Gasteiger partial charge on any atom is 0.341 e. The Morgan fingerprint density at radius 2 is 2.05 bits per heavy atom. The van der Waals surface area contributed by atoms with E-state index in [4.69, 9.17) is 14.3 Å². The summed E-state index contributed by atoms with van der Waals surface area (Å²) in [5.41, 5.74) is 4.50. The molecule has 5 nitrogen and oxygen atoms in total. The van der Waals surface area contributed by atoms with Crippen molar-refractivity contribution in [3.8, 4) is 0 Å². The first-order chi connectivity index (χ1) is 10.2. The number of hydrogen-bond donors (Lipinski definition) is 0.